The van der Waals surface area contributed by atoms with E-state index in [-0.39, 0.29) is 13.2 Å². The first kappa shape index (κ1) is 46.7. The van der Waals surface area contributed by atoms with Gasteiger partial charge in [-0.1, -0.05) is 147 Å². The van der Waals surface area contributed by atoms with Gasteiger partial charge in [-0.25, -0.2) is 0 Å². The smallest absolute Gasteiger partial charge is 0.0612 e. The van der Waals surface area contributed by atoms with Crippen LogP contribution in [0.3, 0.4) is 0 Å². The lowest BCUT2D eigenvalue weighted by atomic mass is 9.96. The second-order valence-electron chi connectivity index (χ2n) is 16.9. The van der Waals surface area contributed by atoms with E-state index >= 15 is 0 Å². The van der Waals surface area contributed by atoms with Gasteiger partial charge in [-0.15, -0.1) is 13.2 Å². The first-order valence-corrected chi connectivity index (χ1v) is 22.8. The molecule has 4 N–H and O–H groups in total. The van der Waals surface area contributed by atoms with Crippen molar-refractivity contribution >= 4 is 0 Å². The van der Waals surface area contributed by atoms with Crippen LogP contribution < -0.4 is 0 Å². The summed E-state index contributed by atoms with van der Waals surface area (Å²) in [6, 6.07) is 34.7. The average molecular weight is 809 g/mol. The second kappa shape index (κ2) is 24.8. The summed E-state index contributed by atoms with van der Waals surface area (Å²) in [5.74, 6) is 4.71. The number of fused-ring (bicyclic) bond motifs is 4. The van der Waals surface area contributed by atoms with E-state index in [1.54, 1.807) is 11.1 Å². The minimum atomic E-state index is 0.122. The Bertz CT molecular complexity index is 1820. The van der Waals surface area contributed by atoms with Crippen LogP contribution in [0.1, 0.15) is 170 Å². The predicted octanol–water partition coefficient (Wildman–Crippen LogP) is 12.9. The number of aliphatic hydroxyl groups is 4. The molecule has 60 heavy (non-hydrogen) atoms. The molecule has 4 aliphatic rings. The van der Waals surface area contributed by atoms with Crippen LogP contribution in [0.5, 0.6) is 0 Å². The molecule has 8 atom stereocenters. The lowest BCUT2D eigenvalue weighted by Crippen LogP contribution is -1.95. The third-order valence-corrected chi connectivity index (χ3v) is 13.4. The monoisotopic (exact) mass is 809 g/mol. The van der Waals surface area contributed by atoms with Crippen molar-refractivity contribution in [3.05, 3.63) is 191 Å². The zero-order valence-corrected chi connectivity index (χ0v) is 36.4. The van der Waals surface area contributed by atoms with E-state index in [0.29, 0.717) is 48.7 Å². The topological polar surface area (TPSA) is 80.9 Å². The van der Waals surface area contributed by atoms with Crippen LogP contribution in [0, 0.1) is 0 Å². The summed E-state index contributed by atoms with van der Waals surface area (Å²) in [6.45, 7) is 13.2. The molecular formula is C56H72O4. The summed E-state index contributed by atoms with van der Waals surface area (Å²) in [6.07, 6.45) is 23.3. The van der Waals surface area contributed by atoms with Gasteiger partial charge in [-0.2, -0.15) is 0 Å². The Kier molecular flexibility index (Phi) is 19.3. The van der Waals surface area contributed by atoms with Gasteiger partial charge in [-0.3, -0.25) is 0 Å². The van der Waals surface area contributed by atoms with Gasteiger partial charge in [-0.05, 0) is 132 Å². The van der Waals surface area contributed by atoms with E-state index in [1.807, 2.05) is 24.3 Å². The molecule has 0 aromatic heterocycles. The van der Waals surface area contributed by atoms with Crippen molar-refractivity contribution in [1.29, 1.82) is 0 Å². The molecule has 4 nitrogen and oxygen atoms in total. The highest BCUT2D eigenvalue weighted by Crippen LogP contribution is 2.47. The summed E-state index contributed by atoms with van der Waals surface area (Å²) in [5, 5.41) is 35.4. The molecule has 0 unspecified atom stereocenters. The second-order valence-corrected chi connectivity index (χ2v) is 16.9. The lowest BCUT2D eigenvalue weighted by molar-refractivity contribution is 0.278. The normalized spacial score (nSPS) is 24.2. The van der Waals surface area contributed by atoms with E-state index in [0.717, 1.165) is 50.4 Å². The highest BCUT2D eigenvalue weighted by molar-refractivity contribution is 5.44. The number of benzene rings is 4. The minimum absolute atomic E-state index is 0.122. The van der Waals surface area contributed by atoms with Crippen molar-refractivity contribution in [1.82, 2.24) is 0 Å². The fourth-order valence-electron chi connectivity index (χ4n) is 10.4. The minimum Gasteiger partial charge on any atom is -0.396 e. The Labute approximate surface area is 362 Å². The van der Waals surface area contributed by atoms with Crippen LogP contribution >= 0.6 is 0 Å². The van der Waals surface area contributed by atoms with Crippen LogP contribution in [0.15, 0.2) is 147 Å². The van der Waals surface area contributed by atoms with Gasteiger partial charge in [0.05, 0.1) is 13.2 Å². The standard InChI is InChI=1S/2C14H20O.2C14H16O/c4*1-2-11-10-12(6-5-9-15)14-8-4-3-7-13(11)14/h2*3-4,7-8,11-12,15H,2,5-6,9-10H2,1H3;2*2-8,11-12,15H,1,9-10H2/b;;6-5+;6-5-/t4*11-,12+/m0000/s1. The number of aliphatic hydroxyl groups excluding tert-OH is 4. The molecular weight excluding hydrogens is 737 g/mol. The number of hydrogen-bond acceptors (Lipinski definition) is 4. The van der Waals surface area contributed by atoms with Gasteiger partial charge in [0, 0.05) is 36.9 Å². The quantitative estimate of drug-likeness (QED) is 0.0957. The lowest BCUT2D eigenvalue weighted by Gasteiger charge is -2.10. The van der Waals surface area contributed by atoms with E-state index in [9.17, 15) is 0 Å². The van der Waals surface area contributed by atoms with Crippen LogP contribution in [0.2, 0.25) is 0 Å². The van der Waals surface area contributed by atoms with Gasteiger partial charge in [0.1, 0.15) is 0 Å². The highest BCUT2D eigenvalue weighted by atomic mass is 16.3. The van der Waals surface area contributed by atoms with Crippen molar-refractivity contribution < 1.29 is 20.4 Å². The zero-order valence-electron chi connectivity index (χ0n) is 36.4. The van der Waals surface area contributed by atoms with Crippen molar-refractivity contribution in [3.8, 4) is 0 Å². The molecule has 0 spiro atoms. The summed E-state index contributed by atoms with van der Waals surface area (Å²) in [4.78, 5) is 0. The third kappa shape index (κ3) is 11.9. The maximum absolute atomic E-state index is 8.90. The fraction of sp³-hybridized carbons (Fsp3) is 0.429. The maximum Gasteiger partial charge on any atom is 0.0612 e. The van der Waals surface area contributed by atoms with E-state index in [4.69, 9.17) is 20.4 Å². The predicted molar refractivity (Wildman–Crippen MR) is 252 cm³/mol. The molecule has 0 bridgehead atoms. The third-order valence-electron chi connectivity index (χ3n) is 13.4. The Morgan fingerprint density at radius 1 is 0.433 bits per heavy atom. The molecule has 320 valence electrons. The van der Waals surface area contributed by atoms with Crippen molar-refractivity contribution in [2.24, 2.45) is 0 Å². The Morgan fingerprint density at radius 3 is 1.02 bits per heavy atom. The van der Waals surface area contributed by atoms with Crippen LogP contribution in [-0.2, 0) is 0 Å². The largest absolute Gasteiger partial charge is 0.396 e. The maximum atomic E-state index is 8.90. The van der Waals surface area contributed by atoms with Gasteiger partial charge in [0.25, 0.3) is 0 Å². The molecule has 0 fully saturated rings. The Morgan fingerprint density at radius 2 is 0.733 bits per heavy atom. The summed E-state index contributed by atoms with van der Waals surface area (Å²) in [7, 11) is 0. The van der Waals surface area contributed by atoms with E-state index in [1.165, 1.54) is 59.1 Å². The molecule has 0 heterocycles. The molecule has 0 amide bonds. The van der Waals surface area contributed by atoms with Crippen molar-refractivity contribution in [2.45, 2.75) is 125 Å². The first-order chi connectivity index (χ1) is 29.5. The molecule has 4 aromatic rings. The average Bonchev–Trinajstić information content (AvgIpc) is 4.07. The van der Waals surface area contributed by atoms with Gasteiger partial charge >= 0.3 is 0 Å². The van der Waals surface area contributed by atoms with Gasteiger partial charge in [0.2, 0.25) is 0 Å². The highest BCUT2D eigenvalue weighted by Gasteiger charge is 2.30. The van der Waals surface area contributed by atoms with Gasteiger partial charge in [0.15, 0.2) is 0 Å². The molecule has 8 rings (SSSR count). The summed E-state index contributed by atoms with van der Waals surface area (Å²) < 4.78 is 0. The molecule has 4 aromatic carbocycles. The summed E-state index contributed by atoms with van der Waals surface area (Å²) >= 11 is 0. The molecule has 0 saturated heterocycles. The number of hydrogen-bond donors (Lipinski definition) is 4. The van der Waals surface area contributed by atoms with Crippen LogP contribution in [0.25, 0.3) is 0 Å². The SMILES string of the molecule is C=C[C@H]1C[C@@H](/C=C/CO)c2ccccc21.C=C[C@H]1C[C@@H](/C=C\CO)c2ccccc21.CC[C@H]1C[C@@H](CCCO)c2ccccc21.CC[C@H]1C[C@@H](CCCO)c2ccccc21. The number of allylic oxidation sites excluding steroid dienone is 4. The van der Waals surface area contributed by atoms with Crippen molar-refractivity contribution in [2.75, 3.05) is 26.4 Å². The molecule has 4 heteroatoms. The Hall–Kier alpha value is -4.32. The Balaban J connectivity index is 0.000000152. The number of rotatable bonds is 14. The van der Waals surface area contributed by atoms with Gasteiger partial charge < -0.3 is 20.4 Å². The van der Waals surface area contributed by atoms with Crippen LogP contribution in [-0.4, -0.2) is 46.9 Å². The fourth-order valence-corrected chi connectivity index (χ4v) is 10.4. The summed E-state index contributed by atoms with van der Waals surface area (Å²) in [5.41, 5.74) is 11.7. The molecule has 0 saturated carbocycles. The van der Waals surface area contributed by atoms with Crippen LogP contribution in [0.4, 0.5) is 0 Å². The first-order valence-electron chi connectivity index (χ1n) is 22.8. The van der Waals surface area contributed by atoms with E-state index < -0.39 is 0 Å². The molecule has 0 radical (unpaired) electrons. The molecule has 0 aliphatic heterocycles. The van der Waals surface area contributed by atoms with Crippen molar-refractivity contribution in [3.63, 3.8) is 0 Å². The van der Waals surface area contributed by atoms with E-state index in [2.05, 4.69) is 136 Å². The molecule has 4 aliphatic carbocycles. The zero-order chi connectivity index (χ0) is 42.7.